The smallest absolute Gasteiger partial charge is 0.272 e. The predicted molar refractivity (Wildman–Crippen MR) is 73.9 cm³/mol. The number of benzene rings is 1. The minimum Gasteiger partial charge on any atom is -0.272 e. The lowest BCUT2D eigenvalue weighted by Crippen LogP contribution is -1.97. The van der Waals surface area contributed by atoms with E-state index in [-0.39, 0.29) is 5.69 Å². The molecule has 5 heteroatoms. The van der Waals surface area contributed by atoms with E-state index in [1.54, 1.807) is 24.4 Å². The first-order valence-corrected chi connectivity index (χ1v) is 6.16. The van der Waals surface area contributed by atoms with Gasteiger partial charge in [0.15, 0.2) is 0 Å². The van der Waals surface area contributed by atoms with Crippen LogP contribution in [0.15, 0.2) is 29.4 Å². The Morgan fingerprint density at radius 2 is 2.22 bits per heavy atom. The highest BCUT2D eigenvalue weighted by atomic mass is 16.6. The van der Waals surface area contributed by atoms with E-state index in [0.29, 0.717) is 11.6 Å². The van der Waals surface area contributed by atoms with Gasteiger partial charge in [-0.25, -0.2) is 0 Å². The monoisotopic (exact) mass is 249 g/mol. The lowest BCUT2D eigenvalue weighted by Gasteiger charge is -2.04. The molecule has 0 radical (unpaired) electrons. The first-order valence-electron chi connectivity index (χ1n) is 6.16. The lowest BCUT2D eigenvalue weighted by atomic mass is 10.0. The van der Waals surface area contributed by atoms with E-state index in [2.05, 4.69) is 24.4 Å². The van der Waals surface area contributed by atoms with Crippen molar-refractivity contribution in [2.24, 2.45) is 11.0 Å². The molecule has 0 aliphatic heterocycles. The molecule has 1 aromatic carbocycles. The number of nitrogens with zero attached hydrogens (tertiary/aromatic N) is 2. The molecule has 0 spiro atoms. The highest BCUT2D eigenvalue weighted by Crippen LogP contribution is 2.22. The Kier molecular flexibility index (Phi) is 5.84. The van der Waals surface area contributed by atoms with Crippen molar-refractivity contribution in [1.29, 1.82) is 0 Å². The predicted octanol–water partition coefficient (Wildman–Crippen LogP) is 3.82. The van der Waals surface area contributed by atoms with E-state index < -0.39 is 4.92 Å². The Bertz CT molecular complexity index is 418. The third-order valence-corrected chi connectivity index (χ3v) is 2.86. The minimum absolute atomic E-state index is 0.0385. The van der Waals surface area contributed by atoms with Gasteiger partial charge in [0.2, 0.25) is 0 Å². The summed E-state index contributed by atoms with van der Waals surface area (Å²) in [5.41, 5.74) is 3.17. The highest BCUT2D eigenvalue weighted by Gasteiger charge is 2.10. The molecule has 1 atom stereocenters. The number of nitrogens with one attached hydrogen (secondary N) is 1. The molecule has 1 unspecified atom stereocenters. The van der Waals surface area contributed by atoms with Crippen LogP contribution in [0.5, 0.6) is 0 Å². The summed E-state index contributed by atoms with van der Waals surface area (Å²) in [6, 6.07) is 6.47. The molecule has 1 rings (SSSR count). The van der Waals surface area contributed by atoms with E-state index in [1.165, 1.54) is 6.07 Å². The summed E-state index contributed by atoms with van der Waals surface area (Å²) < 4.78 is 0. The second-order valence-corrected chi connectivity index (χ2v) is 4.29. The Hall–Kier alpha value is -1.91. The van der Waals surface area contributed by atoms with E-state index in [4.69, 9.17) is 0 Å². The Morgan fingerprint density at radius 3 is 2.89 bits per heavy atom. The average Bonchev–Trinajstić information content (AvgIpc) is 2.38. The maximum atomic E-state index is 10.8. The van der Waals surface area contributed by atoms with Crippen LogP contribution in [0.3, 0.4) is 0 Å². The van der Waals surface area contributed by atoms with Crippen molar-refractivity contribution in [1.82, 2.24) is 0 Å². The van der Waals surface area contributed by atoms with Gasteiger partial charge in [0, 0.05) is 12.3 Å². The van der Waals surface area contributed by atoms with Crippen LogP contribution in [0.2, 0.25) is 0 Å². The average molecular weight is 249 g/mol. The van der Waals surface area contributed by atoms with Crippen LogP contribution in [0.1, 0.15) is 33.1 Å². The number of anilines is 1. The number of para-hydroxylation sites is 2. The quantitative estimate of drug-likeness (QED) is 0.453. The third kappa shape index (κ3) is 4.53. The maximum absolute atomic E-state index is 10.8. The zero-order valence-electron chi connectivity index (χ0n) is 10.8. The molecule has 1 N–H and O–H groups in total. The molecule has 98 valence electrons. The van der Waals surface area contributed by atoms with Crippen molar-refractivity contribution in [2.75, 3.05) is 5.43 Å². The van der Waals surface area contributed by atoms with Crippen molar-refractivity contribution >= 4 is 17.6 Å². The summed E-state index contributed by atoms with van der Waals surface area (Å²) in [4.78, 5) is 10.3. The molecule has 0 aliphatic rings. The normalized spacial score (nSPS) is 12.6. The lowest BCUT2D eigenvalue weighted by molar-refractivity contribution is -0.384. The van der Waals surface area contributed by atoms with Gasteiger partial charge in [0.25, 0.3) is 5.69 Å². The molecular formula is C13H19N3O2. The maximum Gasteiger partial charge on any atom is 0.294 e. The topological polar surface area (TPSA) is 67.5 Å². The summed E-state index contributed by atoms with van der Waals surface area (Å²) >= 11 is 0. The van der Waals surface area contributed by atoms with Crippen LogP contribution >= 0.6 is 0 Å². The molecule has 5 nitrogen and oxygen atoms in total. The summed E-state index contributed by atoms with van der Waals surface area (Å²) in [6.45, 7) is 4.36. The van der Waals surface area contributed by atoms with Crippen LogP contribution in [-0.4, -0.2) is 11.1 Å². The number of hydrazone groups is 1. The first kappa shape index (κ1) is 14.2. The number of rotatable bonds is 7. The van der Waals surface area contributed by atoms with Crippen LogP contribution in [0, 0.1) is 16.0 Å². The fourth-order valence-electron chi connectivity index (χ4n) is 1.47. The minimum atomic E-state index is -0.420. The number of hydrogen-bond donors (Lipinski definition) is 1. The van der Waals surface area contributed by atoms with Gasteiger partial charge in [0.05, 0.1) is 4.92 Å². The summed E-state index contributed by atoms with van der Waals surface area (Å²) in [6.07, 6.45) is 4.88. The van der Waals surface area contributed by atoms with Gasteiger partial charge in [-0.15, -0.1) is 0 Å². The van der Waals surface area contributed by atoms with Gasteiger partial charge in [0.1, 0.15) is 5.69 Å². The number of nitro benzene ring substituents is 1. The highest BCUT2D eigenvalue weighted by molar-refractivity contribution is 5.64. The number of nitro groups is 1. The van der Waals surface area contributed by atoms with Crippen LogP contribution in [0.4, 0.5) is 11.4 Å². The zero-order valence-corrected chi connectivity index (χ0v) is 10.8. The molecule has 18 heavy (non-hydrogen) atoms. The van der Waals surface area contributed by atoms with E-state index in [9.17, 15) is 10.1 Å². The molecule has 0 bridgehead atoms. The van der Waals surface area contributed by atoms with Crippen molar-refractivity contribution in [2.45, 2.75) is 33.1 Å². The zero-order chi connectivity index (χ0) is 13.4. The second-order valence-electron chi connectivity index (χ2n) is 4.29. The van der Waals surface area contributed by atoms with Gasteiger partial charge in [-0.2, -0.15) is 5.10 Å². The number of hydrogen-bond acceptors (Lipinski definition) is 4. The summed E-state index contributed by atoms with van der Waals surface area (Å²) in [5.74, 6) is 0.683. The standard InChI is InChI=1S/C13H19N3O2/c1-3-11(2)7-6-10-14-15-12-8-4-5-9-13(12)16(17)18/h4-5,8-11,15H,3,6-7H2,1-2H3/b14-10+. The van der Waals surface area contributed by atoms with Crippen molar-refractivity contribution in [3.8, 4) is 0 Å². The van der Waals surface area contributed by atoms with Crippen molar-refractivity contribution in [3.05, 3.63) is 34.4 Å². The molecule has 0 heterocycles. The fraction of sp³-hybridized carbons (Fsp3) is 0.462. The Balaban J connectivity index is 2.48. The second kappa shape index (κ2) is 7.42. The molecule has 0 aliphatic carbocycles. The molecular weight excluding hydrogens is 230 g/mol. The summed E-state index contributed by atoms with van der Waals surface area (Å²) in [7, 11) is 0. The molecule has 0 aromatic heterocycles. The molecule has 0 saturated heterocycles. The van der Waals surface area contributed by atoms with Crippen LogP contribution in [0.25, 0.3) is 0 Å². The van der Waals surface area contributed by atoms with E-state index in [1.807, 2.05) is 0 Å². The van der Waals surface area contributed by atoms with Crippen LogP contribution in [-0.2, 0) is 0 Å². The molecule has 0 fully saturated rings. The van der Waals surface area contributed by atoms with Gasteiger partial charge in [-0.3, -0.25) is 15.5 Å². The van der Waals surface area contributed by atoms with E-state index in [0.717, 1.165) is 19.3 Å². The molecule has 1 aromatic rings. The first-order chi connectivity index (χ1) is 8.65. The van der Waals surface area contributed by atoms with Crippen LogP contribution < -0.4 is 5.43 Å². The third-order valence-electron chi connectivity index (χ3n) is 2.86. The summed E-state index contributed by atoms with van der Waals surface area (Å²) in [5, 5.41) is 14.8. The van der Waals surface area contributed by atoms with Gasteiger partial charge < -0.3 is 0 Å². The van der Waals surface area contributed by atoms with Gasteiger partial charge in [-0.05, 0) is 24.8 Å². The van der Waals surface area contributed by atoms with Gasteiger partial charge >= 0.3 is 0 Å². The Morgan fingerprint density at radius 1 is 1.50 bits per heavy atom. The fourth-order valence-corrected chi connectivity index (χ4v) is 1.47. The molecule has 0 amide bonds. The SMILES string of the molecule is CCC(C)CC/C=N/Nc1ccccc1[N+](=O)[O-]. The van der Waals surface area contributed by atoms with E-state index >= 15 is 0 Å². The molecule has 0 saturated carbocycles. The van der Waals surface area contributed by atoms with Crippen molar-refractivity contribution < 1.29 is 4.92 Å². The largest absolute Gasteiger partial charge is 0.294 e. The van der Waals surface area contributed by atoms with Gasteiger partial charge in [-0.1, -0.05) is 32.4 Å². The van der Waals surface area contributed by atoms with Crippen molar-refractivity contribution in [3.63, 3.8) is 0 Å². The Labute approximate surface area is 107 Å².